The Morgan fingerprint density at radius 3 is 2.25 bits per heavy atom. The molecule has 0 aromatic carbocycles. The fourth-order valence-electron chi connectivity index (χ4n) is 0.110. The SMILES string of the molecule is O=[C]COP(=O)(O)O. The highest BCUT2D eigenvalue weighted by Crippen LogP contribution is 2.34. The van der Waals surface area contributed by atoms with E-state index in [0.29, 0.717) is 0 Å². The Bertz CT molecular complexity index is 114. The maximum Gasteiger partial charge on any atom is 0.470 e. The summed E-state index contributed by atoms with van der Waals surface area (Å²) in [7, 11) is -4.44. The van der Waals surface area contributed by atoms with Gasteiger partial charge in [-0.05, 0) is 0 Å². The Morgan fingerprint density at radius 1 is 1.62 bits per heavy atom. The molecule has 0 amide bonds. The highest BCUT2D eigenvalue weighted by Gasteiger charge is 2.11. The molecular weight excluding hydrogens is 135 g/mol. The quantitative estimate of drug-likeness (QED) is 0.500. The predicted octanol–water partition coefficient (Wildman–Crippen LogP) is -0.795. The number of hydrogen-bond donors (Lipinski definition) is 2. The summed E-state index contributed by atoms with van der Waals surface area (Å²) in [6.07, 6.45) is 1.16. The molecule has 5 nitrogen and oxygen atoms in total. The molecule has 0 aliphatic rings. The molecule has 0 atom stereocenters. The van der Waals surface area contributed by atoms with Gasteiger partial charge in [-0.3, -0.25) is 9.32 Å². The fourth-order valence-corrected chi connectivity index (χ4v) is 0.331. The van der Waals surface area contributed by atoms with Crippen molar-refractivity contribution >= 4 is 14.1 Å². The molecule has 6 heteroatoms. The van der Waals surface area contributed by atoms with Crippen molar-refractivity contribution in [3.05, 3.63) is 0 Å². The molecule has 0 bridgehead atoms. The highest BCUT2D eigenvalue weighted by molar-refractivity contribution is 7.46. The lowest BCUT2D eigenvalue weighted by Crippen LogP contribution is -1.91. The zero-order valence-electron chi connectivity index (χ0n) is 3.77. The molecule has 0 fully saturated rings. The first-order valence-corrected chi connectivity index (χ1v) is 3.14. The minimum atomic E-state index is -4.44. The normalized spacial score (nSPS) is 11.2. The van der Waals surface area contributed by atoms with Crippen LogP contribution >= 0.6 is 7.82 Å². The highest BCUT2D eigenvalue weighted by atomic mass is 31.2. The lowest BCUT2D eigenvalue weighted by atomic mass is 10.9. The van der Waals surface area contributed by atoms with Gasteiger partial charge in [-0.1, -0.05) is 0 Å². The average molecular weight is 139 g/mol. The van der Waals surface area contributed by atoms with E-state index in [2.05, 4.69) is 4.52 Å². The molecule has 47 valence electrons. The van der Waals surface area contributed by atoms with Crippen molar-refractivity contribution in [3.8, 4) is 0 Å². The third-order valence-electron chi connectivity index (χ3n) is 0.292. The van der Waals surface area contributed by atoms with Crippen LogP contribution in [0.25, 0.3) is 0 Å². The Labute approximate surface area is 45.5 Å². The van der Waals surface area contributed by atoms with Crippen molar-refractivity contribution in [3.63, 3.8) is 0 Å². The van der Waals surface area contributed by atoms with E-state index in [1.807, 2.05) is 0 Å². The second kappa shape index (κ2) is 2.94. The van der Waals surface area contributed by atoms with Gasteiger partial charge in [0.2, 0.25) is 6.29 Å². The van der Waals surface area contributed by atoms with E-state index in [1.54, 1.807) is 0 Å². The van der Waals surface area contributed by atoms with Crippen molar-refractivity contribution in [1.29, 1.82) is 0 Å². The number of phosphoric ester groups is 1. The molecule has 0 saturated heterocycles. The Kier molecular flexibility index (Phi) is 2.86. The third-order valence-corrected chi connectivity index (χ3v) is 0.757. The summed E-state index contributed by atoms with van der Waals surface area (Å²) >= 11 is 0. The van der Waals surface area contributed by atoms with Crippen LogP contribution in [-0.2, 0) is 13.9 Å². The molecule has 0 aromatic rings. The van der Waals surface area contributed by atoms with E-state index in [0.717, 1.165) is 6.29 Å². The van der Waals surface area contributed by atoms with Gasteiger partial charge in [-0.2, -0.15) is 0 Å². The van der Waals surface area contributed by atoms with E-state index in [1.165, 1.54) is 0 Å². The predicted molar refractivity (Wildman–Crippen MR) is 23.7 cm³/mol. The molecular formula is C2H4O5P. The van der Waals surface area contributed by atoms with E-state index in [9.17, 15) is 9.36 Å². The number of carbonyl (C=O) groups excluding carboxylic acids is 1. The molecule has 0 rings (SSSR count). The number of hydrogen-bond acceptors (Lipinski definition) is 3. The summed E-state index contributed by atoms with van der Waals surface area (Å²) in [4.78, 5) is 25.0. The molecule has 0 aliphatic heterocycles. The fraction of sp³-hybridized carbons (Fsp3) is 0.500. The first-order chi connectivity index (χ1) is 3.56. The second-order valence-electron chi connectivity index (χ2n) is 0.908. The van der Waals surface area contributed by atoms with Gasteiger partial charge in [0.1, 0.15) is 6.61 Å². The molecule has 0 unspecified atom stereocenters. The van der Waals surface area contributed by atoms with E-state index in [4.69, 9.17) is 9.79 Å². The third kappa shape index (κ3) is 5.78. The lowest BCUT2D eigenvalue weighted by molar-refractivity contribution is 0.219. The van der Waals surface area contributed by atoms with Gasteiger partial charge in [0, 0.05) is 0 Å². The molecule has 0 aliphatic carbocycles. The summed E-state index contributed by atoms with van der Waals surface area (Å²) in [5.41, 5.74) is 0. The summed E-state index contributed by atoms with van der Waals surface area (Å²) in [6.45, 7) is -0.690. The average Bonchev–Trinajstić information content (AvgIpc) is 1.59. The van der Waals surface area contributed by atoms with Crippen LogP contribution in [0.2, 0.25) is 0 Å². The molecule has 8 heavy (non-hydrogen) atoms. The van der Waals surface area contributed by atoms with Crippen molar-refractivity contribution in [2.75, 3.05) is 6.61 Å². The monoisotopic (exact) mass is 139 g/mol. The van der Waals surface area contributed by atoms with Gasteiger partial charge in [0.15, 0.2) is 0 Å². The molecule has 0 saturated carbocycles. The van der Waals surface area contributed by atoms with Gasteiger partial charge in [-0.15, -0.1) is 0 Å². The summed E-state index contributed by atoms with van der Waals surface area (Å²) in [5.74, 6) is 0. The van der Waals surface area contributed by atoms with Crippen molar-refractivity contribution in [2.45, 2.75) is 0 Å². The lowest BCUT2D eigenvalue weighted by Gasteiger charge is -1.97. The Hall–Kier alpha value is -0.220. The molecule has 0 spiro atoms. The summed E-state index contributed by atoms with van der Waals surface area (Å²) < 4.78 is 13.3. The zero-order chi connectivity index (χ0) is 6.62. The van der Waals surface area contributed by atoms with Gasteiger partial charge in [-0.25, -0.2) is 4.57 Å². The minimum Gasteiger partial charge on any atom is -0.303 e. The molecule has 2 N–H and O–H groups in total. The van der Waals surface area contributed by atoms with Crippen LogP contribution in [0.15, 0.2) is 0 Å². The van der Waals surface area contributed by atoms with Crippen LogP contribution in [-0.4, -0.2) is 22.7 Å². The second-order valence-corrected chi connectivity index (χ2v) is 2.15. The maximum absolute atomic E-state index is 9.68. The first-order valence-electron chi connectivity index (χ1n) is 1.61. The zero-order valence-corrected chi connectivity index (χ0v) is 4.67. The van der Waals surface area contributed by atoms with Crippen LogP contribution in [0.3, 0.4) is 0 Å². The van der Waals surface area contributed by atoms with Gasteiger partial charge in [0.25, 0.3) is 0 Å². The van der Waals surface area contributed by atoms with Gasteiger partial charge >= 0.3 is 7.82 Å². The number of phosphoric acid groups is 1. The van der Waals surface area contributed by atoms with Crippen molar-refractivity contribution in [2.24, 2.45) is 0 Å². The van der Waals surface area contributed by atoms with Crippen LogP contribution in [0.1, 0.15) is 0 Å². The molecule has 1 radical (unpaired) electrons. The number of rotatable bonds is 3. The van der Waals surface area contributed by atoms with Crippen LogP contribution in [0, 0.1) is 0 Å². The van der Waals surface area contributed by atoms with Gasteiger partial charge in [0.05, 0.1) is 0 Å². The minimum absolute atomic E-state index is 0.690. The van der Waals surface area contributed by atoms with Crippen LogP contribution in [0.4, 0.5) is 0 Å². The van der Waals surface area contributed by atoms with Crippen molar-refractivity contribution in [1.82, 2.24) is 0 Å². The topological polar surface area (TPSA) is 83.8 Å². The van der Waals surface area contributed by atoms with Crippen LogP contribution < -0.4 is 0 Å². The molecule has 0 aromatic heterocycles. The van der Waals surface area contributed by atoms with Crippen LogP contribution in [0.5, 0.6) is 0 Å². The standard InChI is InChI=1S/C2H4O5P/c3-1-2-7-8(4,5)6/h2H2,(H2,4,5,6). The van der Waals surface area contributed by atoms with E-state index < -0.39 is 14.4 Å². The first kappa shape index (κ1) is 7.78. The Morgan fingerprint density at radius 2 is 2.12 bits per heavy atom. The maximum atomic E-state index is 9.68. The van der Waals surface area contributed by atoms with Gasteiger partial charge < -0.3 is 9.79 Å². The van der Waals surface area contributed by atoms with E-state index >= 15 is 0 Å². The van der Waals surface area contributed by atoms with E-state index in [-0.39, 0.29) is 0 Å². The smallest absolute Gasteiger partial charge is 0.303 e. The van der Waals surface area contributed by atoms with Crippen molar-refractivity contribution < 1.29 is 23.7 Å². The Balaban J connectivity index is 3.40. The summed E-state index contributed by atoms with van der Waals surface area (Å²) in [5, 5.41) is 0. The largest absolute Gasteiger partial charge is 0.470 e. The summed E-state index contributed by atoms with van der Waals surface area (Å²) in [6, 6.07) is 0. The molecule has 0 heterocycles.